The maximum absolute atomic E-state index is 13.1. The van der Waals surface area contributed by atoms with Gasteiger partial charge in [-0.25, -0.2) is 4.79 Å². The van der Waals surface area contributed by atoms with E-state index in [9.17, 15) is 9.59 Å². The lowest BCUT2D eigenvalue weighted by Gasteiger charge is -2.29. The minimum Gasteiger partial charge on any atom is -0.497 e. The summed E-state index contributed by atoms with van der Waals surface area (Å²) in [7, 11) is 3.05. The maximum atomic E-state index is 13.1. The SMILES string of the molecule is COc1ccc(OC)c(NC(=O)C2=C(C)NC(=O)NC2c2ccccc2Cl)c1. The third kappa shape index (κ3) is 3.89. The van der Waals surface area contributed by atoms with Crippen LogP contribution in [0.15, 0.2) is 53.7 Å². The minimum atomic E-state index is -0.695. The van der Waals surface area contributed by atoms with E-state index in [-0.39, 0.29) is 0 Å². The Hall–Kier alpha value is -3.19. The van der Waals surface area contributed by atoms with Crippen LogP contribution in [0.4, 0.5) is 10.5 Å². The topological polar surface area (TPSA) is 88.7 Å². The number of ether oxygens (including phenoxy) is 2. The highest BCUT2D eigenvalue weighted by Crippen LogP contribution is 2.34. The van der Waals surface area contributed by atoms with Crippen LogP contribution in [-0.2, 0) is 4.79 Å². The predicted octanol–water partition coefficient (Wildman–Crippen LogP) is 3.62. The first kappa shape index (κ1) is 19.6. The van der Waals surface area contributed by atoms with Crippen LogP contribution < -0.4 is 25.4 Å². The maximum Gasteiger partial charge on any atom is 0.319 e. The number of allylic oxidation sites excluding steroid dienone is 1. The van der Waals surface area contributed by atoms with E-state index in [0.29, 0.717) is 39.0 Å². The first-order valence-electron chi connectivity index (χ1n) is 8.50. The van der Waals surface area contributed by atoms with E-state index >= 15 is 0 Å². The third-order valence-electron chi connectivity index (χ3n) is 4.38. The number of amides is 3. The molecule has 146 valence electrons. The van der Waals surface area contributed by atoms with Crippen LogP contribution in [0.2, 0.25) is 5.02 Å². The van der Waals surface area contributed by atoms with Gasteiger partial charge in [-0.3, -0.25) is 4.79 Å². The van der Waals surface area contributed by atoms with Crippen molar-refractivity contribution in [3.63, 3.8) is 0 Å². The van der Waals surface area contributed by atoms with E-state index in [4.69, 9.17) is 21.1 Å². The number of anilines is 1. The number of benzene rings is 2. The van der Waals surface area contributed by atoms with Gasteiger partial charge in [0.25, 0.3) is 5.91 Å². The van der Waals surface area contributed by atoms with Crippen molar-refractivity contribution in [3.8, 4) is 11.5 Å². The quantitative estimate of drug-likeness (QED) is 0.713. The molecule has 0 spiro atoms. The molecule has 28 heavy (non-hydrogen) atoms. The summed E-state index contributed by atoms with van der Waals surface area (Å²) in [5, 5.41) is 8.68. The van der Waals surface area contributed by atoms with Crippen LogP contribution in [0.5, 0.6) is 11.5 Å². The summed E-state index contributed by atoms with van der Waals surface area (Å²) in [6.45, 7) is 1.67. The Bertz CT molecular complexity index is 958. The zero-order valence-corrected chi connectivity index (χ0v) is 16.4. The lowest BCUT2D eigenvalue weighted by atomic mass is 9.94. The van der Waals surface area contributed by atoms with Crippen LogP contribution in [0.3, 0.4) is 0 Å². The summed E-state index contributed by atoms with van der Waals surface area (Å²) in [6.07, 6.45) is 0. The predicted molar refractivity (Wildman–Crippen MR) is 107 cm³/mol. The fraction of sp³-hybridized carbons (Fsp3) is 0.200. The highest BCUT2D eigenvalue weighted by atomic mass is 35.5. The number of carbonyl (C=O) groups is 2. The number of rotatable bonds is 5. The highest BCUT2D eigenvalue weighted by molar-refractivity contribution is 6.31. The standard InChI is InChI=1S/C20H20ClN3O4/c1-11-17(18(24-20(26)22-11)13-6-4-5-7-14(13)21)19(25)23-15-10-12(27-2)8-9-16(15)28-3/h4-10,18H,1-3H3,(H,23,25)(H2,22,24,26). The molecule has 1 heterocycles. The fourth-order valence-electron chi connectivity index (χ4n) is 3.04. The van der Waals surface area contributed by atoms with Gasteiger partial charge < -0.3 is 25.4 Å². The summed E-state index contributed by atoms with van der Waals surface area (Å²) in [4.78, 5) is 25.2. The Kier molecular flexibility index (Phi) is 5.75. The molecule has 0 aliphatic carbocycles. The van der Waals surface area contributed by atoms with Crippen LogP contribution in [-0.4, -0.2) is 26.2 Å². The van der Waals surface area contributed by atoms with E-state index in [1.807, 2.05) is 0 Å². The molecule has 3 N–H and O–H groups in total. The number of methoxy groups -OCH3 is 2. The Labute approximate surface area is 167 Å². The zero-order valence-electron chi connectivity index (χ0n) is 15.6. The molecule has 2 aromatic carbocycles. The minimum absolute atomic E-state index is 0.345. The first-order valence-corrected chi connectivity index (χ1v) is 8.88. The molecule has 1 aliphatic heterocycles. The van der Waals surface area contributed by atoms with Crippen molar-refractivity contribution in [3.05, 3.63) is 64.3 Å². The number of hydrogen-bond donors (Lipinski definition) is 3. The third-order valence-corrected chi connectivity index (χ3v) is 4.73. The Morgan fingerprint density at radius 2 is 1.89 bits per heavy atom. The van der Waals surface area contributed by atoms with E-state index in [1.165, 1.54) is 14.2 Å². The molecule has 0 bridgehead atoms. The molecule has 0 radical (unpaired) electrons. The normalized spacial score (nSPS) is 16.1. The second-order valence-corrected chi connectivity index (χ2v) is 6.52. The summed E-state index contributed by atoms with van der Waals surface area (Å²) >= 11 is 6.31. The van der Waals surface area contributed by atoms with Crippen LogP contribution in [0.1, 0.15) is 18.5 Å². The van der Waals surface area contributed by atoms with E-state index in [0.717, 1.165) is 0 Å². The van der Waals surface area contributed by atoms with Gasteiger partial charge in [0.1, 0.15) is 11.5 Å². The van der Waals surface area contributed by atoms with E-state index in [2.05, 4.69) is 16.0 Å². The van der Waals surface area contributed by atoms with Crippen molar-refractivity contribution < 1.29 is 19.1 Å². The average Bonchev–Trinajstić information content (AvgIpc) is 2.67. The van der Waals surface area contributed by atoms with Crippen molar-refractivity contribution in [2.45, 2.75) is 13.0 Å². The smallest absolute Gasteiger partial charge is 0.319 e. The molecular formula is C20H20ClN3O4. The lowest BCUT2D eigenvalue weighted by molar-refractivity contribution is -0.113. The second kappa shape index (κ2) is 8.22. The Morgan fingerprint density at radius 3 is 2.57 bits per heavy atom. The number of carbonyl (C=O) groups excluding carboxylic acids is 2. The van der Waals surface area contributed by atoms with Gasteiger partial charge in [0.05, 0.1) is 31.5 Å². The molecular weight excluding hydrogens is 382 g/mol. The van der Waals surface area contributed by atoms with Crippen molar-refractivity contribution in [2.75, 3.05) is 19.5 Å². The van der Waals surface area contributed by atoms with Crippen LogP contribution >= 0.6 is 11.6 Å². The molecule has 1 aliphatic rings. The molecule has 0 fully saturated rings. The van der Waals surface area contributed by atoms with E-state index < -0.39 is 18.0 Å². The summed E-state index contributed by atoms with van der Waals surface area (Å²) in [5.74, 6) is 0.649. The second-order valence-electron chi connectivity index (χ2n) is 6.11. The molecule has 1 unspecified atom stereocenters. The van der Waals surface area contributed by atoms with Crippen molar-refractivity contribution in [2.24, 2.45) is 0 Å². The molecule has 2 aromatic rings. The molecule has 0 saturated heterocycles. The number of hydrogen-bond acceptors (Lipinski definition) is 4. The van der Waals surface area contributed by atoms with Gasteiger partial charge in [-0.05, 0) is 30.7 Å². The largest absolute Gasteiger partial charge is 0.497 e. The van der Waals surface area contributed by atoms with Crippen molar-refractivity contribution in [1.29, 1.82) is 0 Å². The Morgan fingerprint density at radius 1 is 1.14 bits per heavy atom. The number of halogens is 1. The average molecular weight is 402 g/mol. The molecule has 3 rings (SSSR count). The van der Waals surface area contributed by atoms with Gasteiger partial charge in [-0.2, -0.15) is 0 Å². The highest BCUT2D eigenvalue weighted by Gasteiger charge is 2.32. The van der Waals surface area contributed by atoms with Gasteiger partial charge in [0.15, 0.2) is 0 Å². The summed E-state index contributed by atoms with van der Waals surface area (Å²) < 4.78 is 10.5. The van der Waals surface area contributed by atoms with Gasteiger partial charge >= 0.3 is 6.03 Å². The molecule has 7 nitrogen and oxygen atoms in total. The van der Waals surface area contributed by atoms with Crippen LogP contribution in [0.25, 0.3) is 0 Å². The fourth-order valence-corrected chi connectivity index (χ4v) is 3.28. The van der Waals surface area contributed by atoms with Crippen molar-refractivity contribution in [1.82, 2.24) is 10.6 Å². The monoisotopic (exact) mass is 401 g/mol. The summed E-state index contributed by atoms with van der Waals surface area (Å²) in [6, 6.07) is 11.0. The van der Waals surface area contributed by atoms with Gasteiger partial charge in [0.2, 0.25) is 0 Å². The van der Waals surface area contributed by atoms with Gasteiger partial charge in [0, 0.05) is 16.8 Å². The number of urea groups is 1. The van der Waals surface area contributed by atoms with Crippen LogP contribution in [0, 0.1) is 0 Å². The molecule has 0 aromatic heterocycles. The summed E-state index contributed by atoms with van der Waals surface area (Å²) in [5.41, 5.74) is 1.86. The van der Waals surface area contributed by atoms with Gasteiger partial charge in [-0.1, -0.05) is 29.8 Å². The molecule has 0 saturated carbocycles. The molecule has 8 heteroatoms. The zero-order chi connectivity index (χ0) is 20.3. The first-order chi connectivity index (χ1) is 13.4. The van der Waals surface area contributed by atoms with E-state index in [1.54, 1.807) is 49.4 Å². The van der Waals surface area contributed by atoms with Crippen molar-refractivity contribution >= 4 is 29.2 Å². The Balaban J connectivity index is 2.00. The molecule has 1 atom stereocenters. The van der Waals surface area contributed by atoms with Gasteiger partial charge in [-0.15, -0.1) is 0 Å². The number of nitrogens with one attached hydrogen (secondary N) is 3. The molecule has 3 amide bonds. The lowest BCUT2D eigenvalue weighted by Crippen LogP contribution is -2.46.